The fourth-order valence-corrected chi connectivity index (χ4v) is 1.48. The molecule has 0 radical (unpaired) electrons. The predicted molar refractivity (Wildman–Crippen MR) is 59.9 cm³/mol. The Bertz CT molecular complexity index is 341. The quantitative estimate of drug-likeness (QED) is 0.744. The van der Waals surface area contributed by atoms with E-state index in [-0.39, 0.29) is 0 Å². The third-order valence-corrected chi connectivity index (χ3v) is 2.22. The summed E-state index contributed by atoms with van der Waals surface area (Å²) in [5.41, 5.74) is 3.60. The molecule has 0 saturated carbocycles. The van der Waals surface area contributed by atoms with E-state index in [1.807, 2.05) is 6.07 Å². The van der Waals surface area contributed by atoms with Crippen molar-refractivity contribution in [1.82, 2.24) is 5.48 Å². The smallest absolute Gasteiger partial charge is 0.168 e. The molecule has 90 valence electrons. The zero-order valence-electron chi connectivity index (χ0n) is 9.99. The summed E-state index contributed by atoms with van der Waals surface area (Å²) in [6, 6.07) is 3.63. The van der Waals surface area contributed by atoms with Crippen molar-refractivity contribution in [2.45, 2.75) is 6.54 Å². The van der Waals surface area contributed by atoms with E-state index in [9.17, 15) is 0 Å². The van der Waals surface area contributed by atoms with E-state index < -0.39 is 0 Å². The molecule has 0 heterocycles. The second-order valence-electron chi connectivity index (χ2n) is 3.01. The van der Waals surface area contributed by atoms with Crippen molar-refractivity contribution in [2.75, 3.05) is 28.4 Å². The van der Waals surface area contributed by atoms with E-state index in [0.29, 0.717) is 18.0 Å². The average molecular weight is 227 g/mol. The van der Waals surface area contributed by atoms with Gasteiger partial charge in [-0.3, -0.25) is 0 Å². The van der Waals surface area contributed by atoms with Crippen LogP contribution in [-0.2, 0) is 11.4 Å². The molecule has 16 heavy (non-hydrogen) atoms. The summed E-state index contributed by atoms with van der Waals surface area (Å²) in [7, 11) is 6.35. The van der Waals surface area contributed by atoms with Gasteiger partial charge in [0.2, 0.25) is 0 Å². The van der Waals surface area contributed by atoms with E-state index in [1.54, 1.807) is 34.5 Å². The number of nitrogens with one attached hydrogen (secondary N) is 1. The maximum atomic E-state index is 5.31. The highest BCUT2D eigenvalue weighted by molar-refractivity contribution is 5.53. The highest BCUT2D eigenvalue weighted by Crippen LogP contribution is 2.37. The Labute approximate surface area is 95.2 Å². The molecule has 1 rings (SSSR count). The monoisotopic (exact) mass is 227 g/mol. The van der Waals surface area contributed by atoms with Gasteiger partial charge in [-0.25, -0.2) is 0 Å². The van der Waals surface area contributed by atoms with Gasteiger partial charge in [-0.1, -0.05) is 0 Å². The van der Waals surface area contributed by atoms with Crippen LogP contribution in [0.4, 0.5) is 0 Å². The highest BCUT2D eigenvalue weighted by atomic mass is 16.6. The maximum absolute atomic E-state index is 5.31. The molecule has 1 aromatic rings. The average Bonchev–Trinajstić information content (AvgIpc) is 2.34. The van der Waals surface area contributed by atoms with E-state index in [4.69, 9.17) is 19.0 Å². The van der Waals surface area contributed by atoms with Crippen LogP contribution in [0.1, 0.15) is 5.56 Å². The van der Waals surface area contributed by atoms with Crippen molar-refractivity contribution in [2.24, 2.45) is 0 Å². The molecular formula is C11H17NO4. The highest BCUT2D eigenvalue weighted by Gasteiger charge is 2.15. The molecule has 1 aromatic carbocycles. The lowest BCUT2D eigenvalue weighted by Gasteiger charge is -2.15. The minimum Gasteiger partial charge on any atom is -0.496 e. The summed E-state index contributed by atoms with van der Waals surface area (Å²) < 4.78 is 15.8. The van der Waals surface area contributed by atoms with Gasteiger partial charge in [-0.2, -0.15) is 5.48 Å². The van der Waals surface area contributed by atoms with Crippen LogP contribution in [0.3, 0.4) is 0 Å². The molecule has 5 heteroatoms. The lowest BCUT2D eigenvalue weighted by Crippen LogP contribution is -2.13. The molecular weight excluding hydrogens is 210 g/mol. The first kappa shape index (κ1) is 12.6. The van der Waals surface area contributed by atoms with Gasteiger partial charge in [0.25, 0.3) is 0 Å². The van der Waals surface area contributed by atoms with Crippen LogP contribution in [0.5, 0.6) is 17.2 Å². The fraction of sp³-hybridized carbons (Fsp3) is 0.455. The van der Waals surface area contributed by atoms with Crippen molar-refractivity contribution >= 4 is 0 Å². The zero-order valence-corrected chi connectivity index (χ0v) is 9.99. The summed E-state index contributed by atoms with van der Waals surface area (Å²) in [5, 5.41) is 0. The molecule has 5 nitrogen and oxygen atoms in total. The first-order valence-corrected chi connectivity index (χ1v) is 4.82. The molecule has 0 aliphatic rings. The van der Waals surface area contributed by atoms with E-state index >= 15 is 0 Å². The summed E-state index contributed by atoms with van der Waals surface area (Å²) in [4.78, 5) is 4.82. The normalized spacial score (nSPS) is 10.0. The van der Waals surface area contributed by atoms with E-state index in [0.717, 1.165) is 11.3 Å². The maximum Gasteiger partial charge on any atom is 0.168 e. The second-order valence-corrected chi connectivity index (χ2v) is 3.01. The second kappa shape index (κ2) is 6.19. The molecule has 0 spiro atoms. The summed E-state index contributed by atoms with van der Waals surface area (Å²) >= 11 is 0. The van der Waals surface area contributed by atoms with Crippen LogP contribution >= 0.6 is 0 Å². The van der Waals surface area contributed by atoms with Crippen LogP contribution in [0, 0.1) is 0 Å². The Morgan fingerprint density at radius 1 is 0.938 bits per heavy atom. The molecule has 0 atom stereocenters. The molecule has 0 aliphatic heterocycles. The largest absolute Gasteiger partial charge is 0.496 e. The van der Waals surface area contributed by atoms with Crippen LogP contribution in [-0.4, -0.2) is 28.4 Å². The lowest BCUT2D eigenvalue weighted by atomic mass is 10.1. The molecule has 1 N–H and O–H groups in total. The number of benzene rings is 1. The Morgan fingerprint density at radius 2 is 1.56 bits per heavy atom. The SMILES string of the molecule is CONCc1c(OC)ccc(OC)c1OC. The Morgan fingerprint density at radius 3 is 2.06 bits per heavy atom. The van der Waals surface area contributed by atoms with Gasteiger partial charge in [0.1, 0.15) is 5.75 Å². The molecule has 0 aliphatic carbocycles. The van der Waals surface area contributed by atoms with Crippen molar-refractivity contribution in [3.05, 3.63) is 17.7 Å². The fourth-order valence-electron chi connectivity index (χ4n) is 1.48. The number of rotatable bonds is 6. The van der Waals surface area contributed by atoms with Gasteiger partial charge in [0.15, 0.2) is 11.5 Å². The number of methoxy groups -OCH3 is 3. The zero-order chi connectivity index (χ0) is 12.0. The van der Waals surface area contributed by atoms with Gasteiger partial charge in [-0.05, 0) is 12.1 Å². The summed E-state index contributed by atoms with van der Waals surface area (Å²) in [5.74, 6) is 2.03. The van der Waals surface area contributed by atoms with Crippen LogP contribution in [0.2, 0.25) is 0 Å². The summed E-state index contributed by atoms with van der Waals surface area (Å²) in [6.45, 7) is 0.472. The molecule has 0 bridgehead atoms. The Hall–Kier alpha value is -1.46. The third kappa shape index (κ3) is 2.56. The van der Waals surface area contributed by atoms with Crippen LogP contribution < -0.4 is 19.7 Å². The van der Waals surface area contributed by atoms with Crippen LogP contribution in [0.25, 0.3) is 0 Å². The number of hydrogen-bond acceptors (Lipinski definition) is 5. The standard InChI is InChI=1S/C11H17NO4/c1-13-9-5-6-10(14-2)11(15-3)8(9)7-12-16-4/h5-6,12H,7H2,1-4H3. The van der Waals surface area contributed by atoms with Gasteiger partial charge in [0, 0.05) is 0 Å². The Balaban J connectivity index is 3.14. The molecule has 0 fully saturated rings. The van der Waals surface area contributed by atoms with Gasteiger partial charge < -0.3 is 19.0 Å². The first-order chi connectivity index (χ1) is 7.78. The van der Waals surface area contributed by atoms with E-state index in [2.05, 4.69) is 5.48 Å². The minimum absolute atomic E-state index is 0.472. The predicted octanol–water partition coefficient (Wildman–Crippen LogP) is 1.36. The lowest BCUT2D eigenvalue weighted by molar-refractivity contribution is 0.0854. The third-order valence-electron chi connectivity index (χ3n) is 2.22. The van der Waals surface area contributed by atoms with Gasteiger partial charge in [0.05, 0.1) is 40.5 Å². The topological polar surface area (TPSA) is 49.0 Å². The number of hydroxylamine groups is 1. The molecule has 0 saturated heterocycles. The van der Waals surface area contributed by atoms with Crippen molar-refractivity contribution in [1.29, 1.82) is 0 Å². The molecule has 0 aromatic heterocycles. The first-order valence-electron chi connectivity index (χ1n) is 4.82. The van der Waals surface area contributed by atoms with Crippen LogP contribution in [0.15, 0.2) is 12.1 Å². The minimum atomic E-state index is 0.472. The van der Waals surface area contributed by atoms with Crippen molar-refractivity contribution < 1.29 is 19.0 Å². The molecule has 0 amide bonds. The summed E-state index contributed by atoms with van der Waals surface area (Å²) in [6.07, 6.45) is 0. The number of hydrogen-bond donors (Lipinski definition) is 1. The van der Waals surface area contributed by atoms with E-state index in [1.165, 1.54) is 0 Å². The number of ether oxygens (including phenoxy) is 3. The van der Waals surface area contributed by atoms with Crippen molar-refractivity contribution in [3.8, 4) is 17.2 Å². The van der Waals surface area contributed by atoms with Gasteiger partial charge >= 0.3 is 0 Å². The van der Waals surface area contributed by atoms with Crippen molar-refractivity contribution in [3.63, 3.8) is 0 Å². The Kier molecular flexibility index (Phi) is 4.88. The molecule has 0 unspecified atom stereocenters. The van der Waals surface area contributed by atoms with Gasteiger partial charge in [-0.15, -0.1) is 0 Å².